The van der Waals surface area contributed by atoms with Crippen molar-refractivity contribution in [2.45, 2.75) is 38.3 Å². The molecule has 0 aliphatic heterocycles. The van der Waals surface area contributed by atoms with E-state index in [1.54, 1.807) is 12.1 Å². The lowest BCUT2D eigenvalue weighted by atomic mass is 10.2. The maximum Gasteiger partial charge on any atom is 0.226 e. The number of aromatic amines is 1. The first kappa shape index (κ1) is 14.3. The van der Waals surface area contributed by atoms with E-state index in [4.69, 9.17) is 12.2 Å². The highest BCUT2D eigenvalue weighted by Gasteiger charge is 2.22. The van der Waals surface area contributed by atoms with Gasteiger partial charge in [-0.1, -0.05) is 25.0 Å². The molecule has 0 atom stereocenters. The normalized spacial score (nSPS) is 15.5. The van der Waals surface area contributed by atoms with Gasteiger partial charge in [0.05, 0.1) is 0 Å². The molecular weight excluding hydrogens is 287 g/mol. The quantitative estimate of drug-likeness (QED) is 0.872. The summed E-state index contributed by atoms with van der Waals surface area (Å²) in [4.78, 5) is 2.05. The highest BCUT2D eigenvalue weighted by atomic mass is 32.1. The minimum atomic E-state index is -0.213. The van der Waals surface area contributed by atoms with Crippen LogP contribution in [0.3, 0.4) is 0 Å². The fourth-order valence-electron chi connectivity index (χ4n) is 2.99. The second kappa shape index (κ2) is 5.97. The molecule has 1 aromatic heterocycles. The van der Waals surface area contributed by atoms with Gasteiger partial charge >= 0.3 is 0 Å². The second-order valence-corrected chi connectivity index (χ2v) is 6.01. The third kappa shape index (κ3) is 3.00. The first-order chi connectivity index (χ1) is 10.1. The molecule has 0 unspecified atom stereocenters. The van der Waals surface area contributed by atoms with Gasteiger partial charge in [-0.25, -0.2) is 9.49 Å². The van der Waals surface area contributed by atoms with E-state index in [0.29, 0.717) is 17.4 Å². The summed E-state index contributed by atoms with van der Waals surface area (Å²) in [6.45, 7) is 0.673. The number of nitrogens with zero attached hydrogens (tertiary/aromatic N) is 3. The first-order valence-electron chi connectivity index (χ1n) is 7.27. The Morgan fingerprint density at radius 3 is 2.67 bits per heavy atom. The molecule has 6 heteroatoms. The van der Waals surface area contributed by atoms with E-state index in [1.165, 1.54) is 25.0 Å². The number of hydrogen-bond acceptors (Lipinski definition) is 3. The molecule has 3 rings (SSSR count). The lowest BCUT2D eigenvalue weighted by Gasteiger charge is -2.22. The van der Waals surface area contributed by atoms with Crippen LogP contribution in [-0.2, 0) is 6.54 Å². The monoisotopic (exact) mass is 306 g/mol. The van der Waals surface area contributed by atoms with Crippen LogP contribution < -0.4 is 4.90 Å². The molecule has 0 bridgehead atoms. The van der Waals surface area contributed by atoms with Crippen LogP contribution in [0.25, 0.3) is 0 Å². The summed E-state index contributed by atoms with van der Waals surface area (Å²) >= 11 is 5.38. The Morgan fingerprint density at radius 1 is 1.33 bits per heavy atom. The van der Waals surface area contributed by atoms with E-state index >= 15 is 0 Å². The van der Waals surface area contributed by atoms with Crippen molar-refractivity contribution in [2.24, 2.45) is 0 Å². The molecule has 112 valence electrons. The summed E-state index contributed by atoms with van der Waals surface area (Å²) in [6.07, 6.45) is 4.81. The highest BCUT2D eigenvalue weighted by molar-refractivity contribution is 7.71. The van der Waals surface area contributed by atoms with Crippen LogP contribution in [0.5, 0.6) is 0 Å². The number of benzene rings is 1. The maximum absolute atomic E-state index is 13.0. The number of aromatic nitrogens is 3. The average molecular weight is 306 g/mol. The van der Waals surface area contributed by atoms with Gasteiger partial charge in [-0.05, 0) is 42.8 Å². The van der Waals surface area contributed by atoms with Gasteiger partial charge in [0.1, 0.15) is 5.82 Å². The molecule has 1 saturated carbocycles. The Balaban J connectivity index is 1.82. The molecule has 2 aromatic rings. The van der Waals surface area contributed by atoms with Gasteiger partial charge in [0.25, 0.3) is 0 Å². The molecular formula is C15H19FN4S. The zero-order chi connectivity index (χ0) is 14.8. The number of H-pyrrole nitrogens is 1. The van der Waals surface area contributed by atoms with Gasteiger partial charge in [0.2, 0.25) is 5.95 Å². The standard InChI is InChI=1S/C15H19FN4S/c1-19(10-11-6-8-12(16)9-7-11)14-17-18-15(21)20(14)13-4-2-3-5-13/h6-9,13H,2-5,10H2,1H3,(H,18,21). The summed E-state index contributed by atoms with van der Waals surface area (Å²) < 4.78 is 15.8. The molecule has 1 heterocycles. The predicted molar refractivity (Wildman–Crippen MR) is 83.4 cm³/mol. The van der Waals surface area contributed by atoms with E-state index in [1.807, 2.05) is 7.05 Å². The van der Waals surface area contributed by atoms with Crippen molar-refractivity contribution in [2.75, 3.05) is 11.9 Å². The zero-order valence-electron chi connectivity index (χ0n) is 12.1. The SMILES string of the molecule is CN(Cc1ccc(F)cc1)c1n[nH]c(=S)n1C1CCCC1. The third-order valence-electron chi connectivity index (χ3n) is 4.05. The van der Waals surface area contributed by atoms with E-state index in [0.717, 1.165) is 24.4 Å². The largest absolute Gasteiger partial charge is 0.340 e. The summed E-state index contributed by atoms with van der Waals surface area (Å²) in [5.74, 6) is 0.645. The average Bonchev–Trinajstić information content (AvgIpc) is 3.10. The van der Waals surface area contributed by atoms with Gasteiger partial charge in [-0.3, -0.25) is 4.57 Å². The number of halogens is 1. The molecule has 0 saturated heterocycles. The molecule has 1 N–H and O–H groups in total. The van der Waals surface area contributed by atoms with E-state index in [2.05, 4.69) is 19.7 Å². The Bertz CT molecular complexity index is 655. The van der Waals surface area contributed by atoms with Crippen LogP contribution in [0.15, 0.2) is 24.3 Å². The number of rotatable bonds is 4. The predicted octanol–water partition coefficient (Wildman–Crippen LogP) is 3.83. The highest BCUT2D eigenvalue weighted by Crippen LogP contribution is 2.32. The van der Waals surface area contributed by atoms with Gasteiger partial charge in [0, 0.05) is 19.6 Å². The molecule has 1 aliphatic rings. The summed E-state index contributed by atoms with van der Waals surface area (Å²) in [5.41, 5.74) is 1.05. The van der Waals surface area contributed by atoms with Crippen molar-refractivity contribution < 1.29 is 4.39 Å². The Morgan fingerprint density at radius 2 is 2.00 bits per heavy atom. The van der Waals surface area contributed by atoms with Crippen molar-refractivity contribution in [1.29, 1.82) is 0 Å². The van der Waals surface area contributed by atoms with E-state index in [9.17, 15) is 4.39 Å². The van der Waals surface area contributed by atoms with Gasteiger partial charge in [-0.15, -0.1) is 5.10 Å². The Hall–Kier alpha value is -1.69. The lowest BCUT2D eigenvalue weighted by molar-refractivity contribution is 0.509. The van der Waals surface area contributed by atoms with Gasteiger partial charge in [0.15, 0.2) is 4.77 Å². The molecule has 0 amide bonds. The van der Waals surface area contributed by atoms with Crippen molar-refractivity contribution >= 4 is 18.2 Å². The minimum Gasteiger partial charge on any atom is -0.340 e. The minimum absolute atomic E-state index is 0.213. The van der Waals surface area contributed by atoms with Crippen LogP contribution in [0.2, 0.25) is 0 Å². The maximum atomic E-state index is 13.0. The van der Waals surface area contributed by atoms with Crippen molar-refractivity contribution in [1.82, 2.24) is 14.8 Å². The van der Waals surface area contributed by atoms with E-state index < -0.39 is 0 Å². The first-order valence-corrected chi connectivity index (χ1v) is 7.68. The fraction of sp³-hybridized carbons (Fsp3) is 0.467. The van der Waals surface area contributed by atoms with Crippen LogP contribution in [0.1, 0.15) is 37.3 Å². The van der Waals surface area contributed by atoms with Crippen LogP contribution in [0.4, 0.5) is 10.3 Å². The molecule has 0 spiro atoms. The number of nitrogens with one attached hydrogen (secondary N) is 1. The zero-order valence-corrected chi connectivity index (χ0v) is 12.9. The summed E-state index contributed by atoms with van der Waals surface area (Å²) in [6, 6.07) is 7.01. The molecule has 4 nitrogen and oxygen atoms in total. The number of anilines is 1. The van der Waals surface area contributed by atoms with Crippen molar-refractivity contribution in [3.05, 3.63) is 40.4 Å². The Labute approximate surface area is 128 Å². The molecule has 0 radical (unpaired) electrons. The molecule has 21 heavy (non-hydrogen) atoms. The van der Waals surface area contributed by atoms with Crippen LogP contribution >= 0.6 is 12.2 Å². The topological polar surface area (TPSA) is 36.9 Å². The number of hydrogen-bond donors (Lipinski definition) is 1. The molecule has 1 aliphatic carbocycles. The van der Waals surface area contributed by atoms with Crippen molar-refractivity contribution in [3.8, 4) is 0 Å². The fourth-order valence-corrected chi connectivity index (χ4v) is 3.27. The lowest BCUT2D eigenvalue weighted by Crippen LogP contribution is -2.22. The Kier molecular flexibility index (Phi) is 4.05. The van der Waals surface area contributed by atoms with E-state index in [-0.39, 0.29) is 5.82 Å². The molecule has 1 aromatic carbocycles. The third-order valence-corrected chi connectivity index (χ3v) is 4.34. The van der Waals surface area contributed by atoms with Crippen LogP contribution in [-0.4, -0.2) is 21.8 Å². The summed E-state index contributed by atoms with van der Waals surface area (Å²) in [5, 5.41) is 7.28. The second-order valence-electron chi connectivity index (χ2n) is 5.62. The smallest absolute Gasteiger partial charge is 0.226 e. The molecule has 1 fully saturated rings. The van der Waals surface area contributed by atoms with Gasteiger partial charge in [-0.2, -0.15) is 0 Å². The van der Waals surface area contributed by atoms with Gasteiger partial charge < -0.3 is 4.90 Å². The van der Waals surface area contributed by atoms with Crippen molar-refractivity contribution in [3.63, 3.8) is 0 Å². The van der Waals surface area contributed by atoms with Crippen LogP contribution in [0, 0.1) is 10.6 Å². The summed E-state index contributed by atoms with van der Waals surface area (Å²) in [7, 11) is 1.99.